The number of hydrogen-bond donors (Lipinski definition) is 2. The number of benzene rings is 2. The van der Waals surface area contributed by atoms with Crippen molar-refractivity contribution in [1.29, 1.82) is 5.26 Å². The molecule has 0 spiro atoms. The lowest BCUT2D eigenvalue weighted by atomic mass is 9.84. The lowest BCUT2D eigenvalue weighted by Crippen LogP contribution is -2.20. The van der Waals surface area contributed by atoms with Gasteiger partial charge in [-0.3, -0.25) is 5.10 Å². The largest absolute Gasteiger partial charge is 0.489 e. The van der Waals surface area contributed by atoms with Crippen molar-refractivity contribution >= 4 is 0 Å². The molecule has 1 unspecified atom stereocenters. The Hall–Kier alpha value is -4.44. The predicted molar refractivity (Wildman–Crippen MR) is 113 cm³/mol. The van der Waals surface area contributed by atoms with Crippen LogP contribution >= 0.6 is 0 Å². The molecule has 1 aliphatic heterocycles. The minimum atomic E-state index is -0.435. The summed E-state index contributed by atoms with van der Waals surface area (Å²) in [5.41, 5.74) is 10.6. The zero-order valence-corrected chi connectivity index (χ0v) is 16.4. The number of nitrogens with zero attached hydrogens (tertiary/aromatic N) is 2. The Morgan fingerprint density at radius 3 is 2.61 bits per heavy atom. The van der Waals surface area contributed by atoms with E-state index in [1.807, 2.05) is 60.7 Å². The first-order valence-corrected chi connectivity index (χ1v) is 9.69. The van der Waals surface area contributed by atoms with Crippen molar-refractivity contribution in [3.8, 4) is 29.0 Å². The van der Waals surface area contributed by atoms with Gasteiger partial charge in [-0.1, -0.05) is 30.3 Å². The van der Waals surface area contributed by atoms with Crippen LogP contribution < -0.4 is 15.2 Å². The van der Waals surface area contributed by atoms with Crippen LogP contribution in [0.3, 0.4) is 0 Å². The summed E-state index contributed by atoms with van der Waals surface area (Å²) in [6.07, 6.45) is 3.16. The van der Waals surface area contributed by atoms with Crippen molar-refractivity contribution in [2.75, 3.05) is 0 Å². The Morgan fingerprint density at radius 1 is 1.10 bits per heavy atom. The quantitative estimate of drug-likeness (QED) is 0.502. The third kappa shape index (κ3) is 3.40. The molecule has 7 heteroatoms. The number of furan rings is 1. The molecule has 0 saturated heterocycles. The highest BCUT2D eigenvalue weighted by Crippen LogP contribution is 2.45. The maximum Gasteiger partial charge on any atom is 0.244 e. The maximum absolute atomic E-state index is 9.70. The van der Waals surface area contributed by atoms with E-state index in [1.54, 1.807) is 12.5 Å². The monoisotopic (exact) mass is 410 g/mol. The summed E-state index contributed by atoms with van der Waals surface area (Å²) in [4.78, 5) is 0. The molecular weight excluding hydrogens is 392 g/mol. The topological polar surface area (TPSA) is 110 Å². The SMILES string of the molecule is N#CC1=C(N)Oc2n[nH]c(-c3ccc(OCc4ccccc4)cc3)c2C1c1ccoc1. The van der Waals surface area contributed by atoms with E-state index in [0.29, 0.717) is 18.1 Å². The van der Waals surface area contributed by atoms with Crippen molar-refractivity contribution in [1.82, 2.24) is 10.2 Å². The molecule has 3 N–H and O–H groups in total. The Labute approximate surface area is 178 Å². The molecule has 5 rings (SSSR count). The summed E-state index contributed by atoms with van der Waals surface area (Å²) in [6, 6.07) is 21.6. The van der Waals surface area contributed by atoms with Crippen LogP contribution in [0.2, 0.25) is 0 Å². The zero-order valence-electron chi connectivity index (χ0n) is 16.4. The van der Waals surface area contributed by atoms with E-state index in [9.17, 15) is 5.26 Å². The number of rotatable bonds is 5. The second kappa shape index (κ2) is 7.76. The Bertz CT molecular complexity index is 1270. The van der Waals surface area contributed by atoms with Gasteiger partial charge in [-0.25, -0.2) is 0 Å². The van der Waals surface area contributed by atoms with E-state index in [-0.39, 0.29) is 5.88 Å². The van der Waals surface area contributed by atoms with Crippen LogP contribution in [0.5, 0.6) is 11.6 Å². The van der Waals surface area contributed by atoms with Gasteiger partial charge < -0.3 is 19.6 Å². The highest BCUT2D eigenvalue weighted by Gasteiger charge is 2.36. The van der Waals surface area contributed by atoms with Crippen molar-refractivity contribution in [3.63, 3.8) is 0 Å². The lowest BCUT2D eigenvalue weighted by molar-refractivity contribution is 0.306. The smallest absolute Gasteiger partial charge is 0.244 e. The van der Waals surface area contributed by atoms with Gasteiger partial charge in [0, 0.05) is 11.1 Å². The summed E-state index contributed by atoms with van der Waals surface area (Å²) < 4.78 is 16.7. The Kier molecular flexibility index (Phi) is 4.65. The van der Waals surface area contributed by atoms with E-state index < -0.39 is 5.92 Å². The van der Waals surface area contributed by atoms with Gasteiger partial charge in [-0.2, -0.15) is 5.26 Å². The number of aromatic nitrogens is 2. The molecule has 0 saturated carbocycles. The first-order valence-electron chi connectivity index (χ1n) is 9.69. The first kappa shape index (κ1) is 18.6. The third-order valence-corrected chi connectivity index (χ3v) is 5.21. The number of hydrogen-bond acceptors (Lipinski definition) is 6. The van der Waals surface area contributed by atoms with E-state index >= 15 is 0 Å². The fourth-order valence-electron chi connectivity index (χ4n) is 3.70. The normalized spacial score (nSPS) is 15.1. The maximum atomic E-state index is 9.70. The summed E-state index contributed by atoms with van der Waals surface area (Å²) in [7, 11) is 0. The molecule has 1 atom stereocenters. The zero-order chi connectivity index (χ0) is 21.2. The molecule has 31 heavy (non-hydrogen) atoms. The number of nitriles is 1. The summed E-state index contributed by atoms with van der Waals surface area (Å²) in [6.45, 7) is 0.492. The standard InChI is InChI=1S/C24H18N4O3/c25-12-19-20(17-10-11-29-14-17)21-22(27-28-24(21)31-23(19)26)16-6-8-18(9-7-16)30-13-15-4-2-1-3-5-15/h1-11,14,20H,13,26H2,(H,27,28). The van der Waals surface area contributed by atoms with E-state index in [0.717, 1.165) is 33.7 Å². The molecule has 0 bridgehead atoms. The van der Waals surface area contributed by atoms with Crippen LogP contribution in [0.15, 0.2) is 89.1 Å². The van der Waals surface area contributed by atoms with Crippen LogP contribution in [0.4, 0.5) is 0 Å². The molecule has 2 aromatic heterocycles. The average Bonchev–Trinajstić information content (AvgIpc) is 3.48. The van der Waals surface area contributed by atoms with Crippen molar-refractivity contribution in [2.24, 2.45) is 5.73 Å². The number of allylic oxidation sites excluding steroid dienone is 1. The number of ether oxygens (including phenoxy) is 2. The molecule has 7 nitrogen and oxygen atoms in total. The van der Waals surface area contributed by atoms with Gasteiger partial charge in [0.15, 0.2) is 0 Å². The van der Waals surface area contributed by atoms with Gasteiger partial charge in [0.2, 0.25) is 11.8 Å². The Balaban J connectivity index is 1.46. The molecule has 0 aliphatic carbocycles. The van der Waals surface area contributed by atoms with Crippen molar-refractivity contribution < 1.29 is 13.9 Å². The summed E-state index contributed by atoms with van der Waals surface area (Å²) >= 11 is 0. The highest BCUT2D eigenvalue weighted by molar-refractivity contribution is 5.71. The summed E-state index contributed by atoms with van der Waals surface area (Å²) in [5.74, 6) is 0.715. The molecule has 2 aromatic carbocycles. The molecule has 0 fully saturated rings. The van der Waals surface area contributed by atoms with Crippen LogP contribution in [-0.2, 0) is 6.61 Å². The number of fused-ring (bicyclic) bond motifs is 1. The third-order valence-electron chi connectivity index (χ3n) is 5.21. The van der Waals surface area contributed by atoms with Gasteiger partial charge in [0.1, 0.15) is 24.0 Å². The minimum Gasteiger partial charge on any atom is -0.489 e. The molecule has 4 aromatic rings. The highest BCUT2D eigenvalue weighted by atomic mass is 16.5. The van der Waals surface area contributed by atoms with Crippen LogP contribution in [0.1, 0.15) is 22.6 Å². The van der Waals surface area contributed by atoms with Crippen molar-refractivity contribution in [3.05, 3.63) is 101 Å². The van der Waals surface area contributed by atoms with Gasteiger partial charge in [0.05, 0.1) is 29.7 Å². The minimum absolute atomic E-state index is 0.0453. The van der Waals surface area contributed by atoms with Gasteiger partial charge in [-0.15, -0.1) is 5.10 Å². The van der Waals surface area contributed by atoms with Crippen molar-refractivity contribution in [2.45, 2.75) is 12.5 Å². The van der Waals surface area contributed by atoms with Gasteiger partial charge in [0.25, 0.3) is 0 Å². The van der Waals surface area contributed by atoms with Crippen LogP contribution in [-0.4, -0.2) is 10.2 Å². The van der Waals surface area contributed by atoms with Crippen LogP contribution in [0, 0.1) is 11.3 Å². The van der Waals surface area contributed by atoms with E-state index in [2.05, 4.69) is 16.3 Å². The molecule has 0 amide bonds. The van der Waals surface area contributed by atoms with Gasteiger partial charge in [-0.05, 0) is 35.9 Å². The Morgan fingerprint density at radius 2 is 1.90 bits per heavy atom. The average molecular weight is 410 g/mol. The van der Waals surface area contributed by atoms with Gasteiger partial charge >= 0.3 is 0 Å². The number of aromatic amines is 1. The molecule has 0 radical (unpaired) electrons. The second-order valence-corrected chi connectivity index (χ2v) is 7.10. The number of H-pyrrole nitrogens is 1. The summed E-state index contributed by atoms with van der Waals surface area (Å²) in [5, 5.41) is 17.0. The van der Waals surface area contributed by atoms with E-state index in [4.69, 9.17) is 19.6 Å². The number of nitrogens with two attached hydrogens (primary N) is 1. The van der Waals surface area contributed by atoms with Crippen LogP contribution in [0.25, 0.3) is 11.3 Å². The molecule has 152 valence electrons. The molecular formula is C24H18N4O3. The first-order chi connectivity index (χ1) is 15.2. The fourth-order valence-corrected chi connectivity index (χ4v) is 3.70. The molecule has 1 aliphatic rings. The van der Waals surface area contributed by atoms with E-state index in [1.165, 1.54) is 0 Å². The number of nitrogens with one attached hydrogen (secondary N) is 1. The second-order valence-electron chi connectivity index (χ2n) is 7.10. The predicted octanol–water partition coefficient (Wildman–Crippen LogP) is 4.47. The lowest BCUT2D eigenvalue weighted by Gasteiger charge is -2.22. The fraction of sp³-hybridized carbons (Fsp3) is 0.0833. The molecule has 3 heterocycles.